The molecule has 1 aromatic carbocycles. The van der Waals surface area contributed by atoms with Crippen molar-refractivity contribution in [1.29, 1.82) is 0 Å². The molecule has 0 radical (unpaired) electrons. The van der Waals surface area contributed by atoms with Crippen LogP contribution in [-0.2, 0) is 40.3 Å². The maximum atomic E-state index is 14.0. The highest BCUT2D eigenvalue weighted by Gasteiger charge is 2.37. The molecule has 2 aromatic heterocycles. The summed E-state index contributed by atoms with van der Waals surface area (Å²) in [5, 5.41) is 1.21. The highest BCUT2D eigenvalue weighted by molar-refractivity contribution is 7.99. The number of amides is 1. The number of methoxy groups -OCH3 is 1. The molecule has 0 atom stereocenters. The van der Waals surface area contributed by atoms with Gasteiger partial charge in [0.2, 0.25) is 5.91 Å². The van der Waals surface area contributed by atoms with Gasteiger partial charge in [-0.2, -0.15) is 0 Å². The van der Waals surface area contributed by atoms with Gasteiger partial charge in [0.15, 0.2) is 5.16 Å². The molecule has 0 N–H and O–H groups in total. The van der Waals surface area contributed by atoms with Gasteiger partial charge in [-0.15, -0.1) is 0 Å². The molecule has 2 fully saturated rings. The average molecular weight is 588 g/mol. The Morgan fingerprint density at radius 1 is 1.05 bits per heavy atom. The highest BCUT2D eigenvalue weighted by Crippen LogP contribution is 2.34. The van der Waals surface area contributed by atoms with Crippen LogP contribution in [0.2, 0.25) is 0 Å². The van der Waals surface area contributed by atoms with Gasteiger partial charge < -0.3 is 9.64 Å². The number of thioether (sulfide) groups is 1. The van der Waals surface area contributed by atoms with Crippen LogP contribution >= 0.6 is 11.8 Å². The number of carbonyl (C=O) groups is 2. The Labute approximate surface area is 250 Å². The summed E-state index contributed by atoms with van der Waals surface area (Å²) in [6.45, 7) is 3.03. The first-order valence-corrected chi connectivity index (χ1v) is 15.7. The minimum Gasteiger partial charge on any atom is -0.469 e. The van der Waals surface area contributed by atoms with Crippen LogP contribution in [0.5, 0.6) is 0 Å². The van der Waals surface area contributed by atoms with Crippen LogP contribution in [0.4, 0.5) is 0 Å². The minimum atomic E-state index is -0.252. The van der Waals surface area contributed by atoms with Gasteiger partial charge in [-0.3, -0.25) is 28.8 Å². The van der Waals surface area contributed by atoms with E-state index in [1.54, 1.807) is 28.7 Å². The lowest BCUT2D eigenvalue weighted by atomic mass is 9.95. The van der Waals surface area contributed by atoms with Crippen molar-refractivity contribution in [2.75, 3.05) is 26.7 Å². The molecule has 6 rings (SSSR count). The smallest absolute Gasteiger partial charge is 0.309 e. The molecule has 1 aliphatic carbocycles. The molecule has 2 aliphatic heterocycles. The number of ether oxygens (including phenoxy) is 1. The summed E-state index contributed by atoms with van der Waals surface area (Å²) in [4.78, 5) is 52.3. The van der Waals surface area contributed by atoms with Gasteiger partial charge in [0, 0.05) is 44.0 Å². The van der Waals surface area contributed by atoms with E-state index in [0.29, 0.717) is 49.1 Å². The number of carbonyl (C=O) groups excluding carboxylic acids is 2. The summed E-state index contributed by atoms with van der Waals surface area (Å²) in [6.07, 6.45) is 10.3. The SMILES string of the molecule is COC(=O)Cc1ccc(CN2CC(C(=O)N3CCc4nc(SC5CCCCC5)n(-c5cccnc5)c(=O)c4C3)C2)cc1. The van der Waals surface area contributed by atoms with Crippen molar-refractivity contribution >= 4 is 23.6 Å². The topological polar surface area (TPSA) is 97.6 Å². The average Bonchev–Trinajstić information content (AvgIpc) is 3.00. The molecule has 3 aromatic rings. The number of nitrogens with zero attached hydrogens (tertiary/aromatic N) is 5. The lowest BCUT2D eigenvalue weighted by Crippen LogP contribution is -2.55. The monoisotopic (exact) mass is 587 g/mol. The molecule has 220 valence electrons. The predicted molar refractivity (Wildman–Crippen MR) is 160 cm³/mol. The van der Waals surface area contributed by atoms with E-state index in [-0.39, 0.29) is 29.8 Å². The van der Waals surface area contributed by atoms with E-state index in [2.05, 4.69) is 9.88 Å². The third kappa shape index (κ3) is 6.29. The maximum absolute atomic E-state index is 14.0. The first-order chi connectivity index (χ1) is 20.5. The molecule has 0 bridgehead atoms. The van der Waals surface area contributed by atoms with Gasteiger partial charge >= 0.3 is 5.97 Å². The fourth-order valence-electron chi connectivity index (χ4n) is 6.14. The molecule has 1 saturated heterocycles. The van der Waals surface area contributed by atoms with Gasteiger partial charge in [-0.1, -0.05) is 55.3 Å². The Morgan fingerprint density at radius 2 is 1.81 bits per heavy atom. The lowest BCUT2D eigenvalue weighted by Gasteiger charge is -2.41. The standard InChI is InChI=1S/C32H37N5O4S/c1-41-29(38)16-22-9-11-23(12-10-22)18-35-19-24(20-35)30(39)36-15-13-28-27(21-36)31(40)37(25-6-5-14-33-17-25)32(34-28)42-26-7-3-2-4-8-26/h5-6,9-12,14,17,24,26H,2-4,7-8,13,15-16,18-21H2,1H3. The number of rotatable bonds is 8. The molecule has 0 spiro atoms. The second kappa shape index (κ2) is 12.8. The zero-order chi connectivity index (χ0) is 29.1. The van der Waals surface area contributed by atoms with Gasteiger partial charge in [-0.05, 0) is 36.1 Å². The lowest BCUT2D eigenvalue weighted by molar-refractivity contribution is -0.142. The Kier molecular flexibility index (Phi) is 8.71. The molecule has 1 saturated carbocycles. The fourth-order valence-corrected chi connectivity index (χ4v) is 7.46. The van der Waals surface area contributed by atoms with Crippen molar-refractivity contribution in [3.8, 4) is 5.69 Å². The van der Waals surface area contributed by atoms with E-state index in [1.165, 1.54) is 26.4 Å². The van der Waals surface area contributed by atoms with Crippen LogP contribution in [0.3, 0.4) is 0 Å². The third-order valence-electron chi connectivity index (χ3n) is 8.55. The van der Waals surface area contributed by atoms with Crippen molar-refractivity contribution in [1.82, 2.24) is 24.3 Å². The first kappa shape index (κ1) is 28.6. The Hall–Kier alpha value is -3.50. The molecule has 3 aliphatic rings. The molecular formula is C32H37N5O4S. The van der Waals surface area contributed by atoms with E-state index in [9.17, 15) is 14.4 Å². The normalized spacial score (nSPS) is 17.9. The van der Waals surface area contributed by atoms with Gasteiger partial charge in [-0.25, -0.2) is 4.98 Å². The number of fused-ring (bicyclic) bond motifs is 1. The zero-order valence-electron chi connectivity index (χ0n) is 24.0. The summed E-state index contributed by atoms with van der Waals surface area (Å²) in [7, 11) is 1.39. The van der Waals surface area contributed by atoms with Crippen molar-refractivity contribution < 1.29 is 14.3 Å². The fraction of sp³-hybridized carbons (Fsp3) is 0.469. The summed E-state index contributed by atoms with van der Waals surface area (Å²) >= 11 is 1.72. The molecule has 9 nitrogen and oxygen atoms in total. The molecule has 0 unspecified atom stereocenters. The van der Waals surface area contributed by atoms with E-state index in [0.717, 1.165) is 41.4 Å². The summed E-state index contributed by atoms with van der Waals surface area (Å²) < 4.78 is 6.45. The van der Waals surface area contributed by atoms with Crippen molar-refractivity contribution in [2.24, 2.45) is 5.92 Å². The van der Waals surface area contributed by atoms with Gasteiger partial charge in [0.1, 0.15) is 0 Å². The maximum Gasteiger partial charge on any atom is 0.309 e. The number of pyridine rings is 1. The van der Waals surface area contributed by atoms with Crippen LogP contribution in [0.1, 0.15) is 54.5 Å². The molecule has 4 heterocycles. The number of esters is 1. The number of aromatic nitrogens is 3. The second-order valence-electron chi connectivity index (χ2n) is 11.5. The summed E-state index contributed by atoms with van der Waals surface area (Å²) in [5.74, 6) is -0.212. The van der Waals surface area contributed by atoms with Crippen LogP contribution in [0, 0.1) is 5.92 Å². The minimum absolute atomic E-state index is 0.0696. The van der Waals surface area contributed by atoms with E-state index in [1.807, 2.05) is 41.3 Å². The number of hydrogen-bond donors (Lipinski definition) is 0. The number of benzene rings is 1. The largest absolute Gasteiger partial charge is 0.469 e. The highest BCUT2D eigenvalue weighted by atomic mass is 32.2. The molecule has 42 heavy (non-hydrogen) atoms. The first-order valence-electron chi connectivity index (χ1n) is 14.9. The predicted octanol–water partition coefficient (Wildman–Crippen LogP) is 3.78. The van der Waals surface area contributed by atoms with E-state index >= 15 is 0 Å². The van der Waals surface area contributed by atoms with Crippen LogP contribution in [-0.4, -0.2) is 68.2 Å². The summed E-state index contributed by atoms with van der Waals surface area (Å²) in [6, 6.07) is 11.7. The molecular weight excluding hydrogens is 550 g/mol. The second-order valence-corrected chi connectivity index (χ2v) is 12.8. The van der Waals surface area contributed by atoms with Gasteiger partial charge in [0.05, 0.1) is 49.1 Å². The Balaban J connectivity index is 1.12. The van der Waals surface area contributed by atoms with Crippen LogP contribution < -0.4 is 5.56 Å². The van der Waals surface area contributed by atoms with Gasteiger partial charge in [0.25, 0.3) is 5.56 Å². The van der Waals surface area contributed by atoms with Crippen molar-refractivity contribution in [3.05, 3.63) is 81.5 Å². The van der Waals surface area contributed by atoms with Crippen LogP contribution in [0.15, 0.2) is 58.7 Å². The molecule has 10 heteroatoms. The Bertz CT molecular complexity index is 1480. The summed E-state index contributed by atoms with van der Waals surface area (Å²) in [5.41, 5.74) is 4.14. The van der Waals surface area contributed by atoms with Crippen molar-refractivity contribution in [3.63, 3.8) is 0 Å². The van der Waals surface area contributed by atoms with Crippen molar-refractivity contribution in [2.45, 2.75) is 68.4 Å². The number of likely N-dealkylation sites (tertiary alicyclic amines) is 1. The Morgan fingerprint density at radius 3 is 2.52 bits per heavy atom. The third-order valence-corrected chi connectivity index (χ3v) is 9.84. The van der Waals surface area contributed by atoms with Crippen LogP contribution in [0.25, 0.3) is 5.69 Å². The van der Waals surface area contributed by atoms with E-state index < -0.39 is 0 Å². The molecule has 1 amide bonds. The quantitative estimate of drug-likeness (QED) is 0.290. The van der Waals surface area contributed by atoms with E-state index in [4.69, 9.17) is 9.72 Å². The zero-order valence-corrected chi connectivity index (χ0v) is 24.9. The number of hydrogen-bond acceptors (Lipinski definition) is 8.